The highest BCUT2D eigenvalue weighted by Gasteiger charge is 2.47. The number of carbonyl (C=O) groups excluding carboxylic acids is 2. The minimum atomic E-state index is -0.810. The molecule has 6 nitrogen and oxygen atoms in total. The number of aliphatic hydroxyl groups is 1. The maximum atomic E-state index is 13.2. The van der Waals surface area contributed by atoms with Gasteiger partial charge in [0.25, 0.3) is 11.7 Å². The molecule has 0 radical (unpaired) electrons. The predicted molar refractivity (Wildman–Crippen MR) is 127 cm³/mol. The molecule has 0 spiro atoms. The van der Waals surface area contributed by atoms with Crippen LogP contribution in [-0.2, 0) is 9.59 Å². The maximum Gasteiger partial charge on any atom is 0.300 e. The van der Waals surface area contributed by atoms with Crippen molar-refractivity contribution in [3.8, 4) is 11.5 Å². The first kappa shape index (κ1) is 22.1. The first-order valence-corrected chi connectivity index (χ1v) is 10.7. The number of carbonyl (C=O) groups is 2. The molecule has 4 rings (SSSR count). The number of aliphatic hydroxyl groups excluding tert-OH is 1. The highest BCUT2D eigenvalue weighted by Crippen LogP contribution is 2.43. The lowest BCUT2D eigenvalue weighted by molar-refractivity contribution is -0.132. The van der Waals surface area contributed by atoms with Gasteiger partial charge in [-0.2, -0.15) is 0 Å². The number of hydrogen-bond acceptors (Lipinski definition) is 5. The Morgan fingerprint density at radius 1 is 0.970 bits per heavy atom. The van der Waals surface area contributed by atoms with E-state index in [1.807, 2.05) is 44.2 Å². The summed E-state index contributed by atoms with van der Waals surface area (Å²) in [6, 6.07) is 20.5. The van der Waals surface area contributed by atoms with E-state index in [1.54, 1.807) is 49.6 Å². The third-order valence-corrected chi connectivity index (χ3v) is 5.60. The van der Waals surface area contributed by atoms with Crippen LogP contribution in [0.2, 0.25) is 0 Å². The van der Waals surface area contributed by atoms with Gasteiger partial charge in [-0.15, -0.1) is 0 Å². The Hall–Kier alpha value is -4.06. The van der Waals surface area contributed by atoms with E-state index in [4.69, 9.17) is 9.47 Å². The molecule has 1 fully saturated rings. The molecule has 0 aromatic heterocycles. The summed E-state index contributed by atoms with van der Waals surface area (Å²) in [5.41, 5.74) is 2.71. The molecule has 1 aliphatic heterocycles. The molecule has 0 saturated carbocycles. The molecule has 3 aromatic carbocycles. The zero-order chi connectivity index (χ0) is 23.5. The molecular formula is C27H25NO5. The molecule has 1 heterocycles. The summed E-state index contributed by atoms with van der Waals surface area (Å²) in [7, 11) is 1.55. The van der Waals surface area contributed by atoms with Crippen LogP contribution in [0.1, 0.15) is 29.7 Å². The summed E-state index contributed by atoms with van der Waals surface area (Å²) in [6.45, 7) is 4.31. The number of hydrogen-bond donors (Lipinski definition) is 1. The van der Waals surface area contributed by atoms with E-state index >= 15 is 0 Å². The van der Waals surface area contributed by atoms with Crippen molar-refractivity contribution < 1.29 is 24.2 Å². The molecule has 1 N–H and O–H groups in total. The second-order valence-electron chi connectivity index (χ2n) is 7.74. The van der Waals surface area contributed by atoms with Crippen LogP contribution in [0.5, 0.6) is 11.5 Å². The van der Waals surface area contributed by atoms with Crippen molar-refractivity contribution >= 4 is 23.1 Å². The highest BCUT2D eigenvalue weighted by molar-refractivity contribution is 6.51. The van der Waals surface area contributed by atoms with Gasteiger partial charge in [-0.1, -0.05) is 29.8 Å². The van der Waals surface area contributed by atoms with Crippen LogP contribution in [-0.4, -0.2) is 30.5 Å². The number of ketones is 1. The molecule has 1 aliphatic rings. The fourth-order valence-corrected chi connectivity index (χ4v) is 3.97. The molecule has 168 valence electrons. The Balaban J connectivity index is 1.91. The summed E-state index contributed by atoms with van der Waals surface area (Å²) < 4.78 is 10.8. The van der Waals surface area contributed by atoms with Crippen molar-refractivity contribution in [3.63, 3.8) is 0 Å². The van der Waals surface area contributed by atoms with Gasteiger partial charge in [-0.3, -0.25) is 14.5 Å². The fourth-order valence-electron chi connectivity index (χ4n) is 3.97. The lowest BCUT2D eigenvalue weighted by atomic mass is 9.95. The number of benzene rings is 3. The summed E-state index contributed by atoms with van der Waals surface area (Å²) in [5, 5.41) is 11.2. The predicted octanol–water partition coefficient (Wildman–Crippen LogP) is 5.03. The third kappa shape index (κ3) is 4.20. The third-order valence-electron chi connectivity index (χ3n) is 5.60. The monoisotopic (exact) mass is 443 g/mol. The van der Waals surface area contributed by atoms with E-state index in [9.17, 15) is 14.7 Å². The topological polar surface area (TPSA) is 76.1 Å². The minimum Gasteiger partial charge on any atom is -0.507 e. The maximum absolute atomic E-state index is 13.2. The van der Waals surface area contributed by atoms with E-state index in [-0.39, 0.29) is 11.3 Å². The van der Waals surface area contributed by atoms with E-state index in [0.717, 1.165) is 5.56 Å². The van der Waals surface area contributed by atoms with Gasteiger partial charge in [-0.05, 0) is 67.9 Å². The summed E-state index contributed by atoms with van der Waals surface area (Å²) >= 11 is 0. The van der Waals surface area contributed by atoms with Crippen molar-refractivity contribution in [2.45, 2.75) is 19.9 Å². The standard InChI is InChI=1S/C27H25NO5/c1-4-33-22-7-5-6-19(16-22)24-23(25(29)18-10-14-21(32-3)15-11-18)26(30)27(31)28(24)20-12-8-17(2)9-13-20/h5-16,24,29H,4H2,1-3H3/b25-23-. The normalized spacial score (nSPS) is 17.3. The van der Waals surface area contributed by atoms with Crippen LogP contribution in [0.4, 0.5) is 5.69 Å². The number of rotatable bonds is 6. The largest absolute Gasteiger partial charge is 0.507 e. The van der Waals surface area contributed by atoms with Crippen molar-refractivity contribution in [1.82, 2.24) is 0 Å². The Bertz CT molecular complexity index is 1210. The van der Waals surface area contributed by atoms with Crippen LogP contribution in [0.3, 0.4) is 0 Å². The van der Waals surface area contributed by atoms with Crippen LogP contribution in [0.15, 0.2) is 78.4 Å². The molecule has 1 unspecified atom stereocenters. The number of ether oxygens (including phenoxy) is 2. The fraction of sp³-hybridized carbons (Fsp3) is 0.185. The number of amides is 1. The lowest BCUT2D eigenvalue weighted by Gasteiger charge is -2.26. The average molecular weight is 443 g/mol. The Labute approximate surface area is 192 Å². The summed E-state index contributed by atoms with van der Waals surface area (Å²) in [4.78, 5) is 27.9. The van der Waals surface area contributed by atoms with Crippen LogP contribution < -0.4 is 14.4 Å². The first-order chi connectivity index (χ1) is 15.9. The number of methoxy groups -OCH3 is 1. The molecule has 6 heteroatoms. The van der Waals surface area contributed by atoms with Gasteiger partial charge < -0.3 is 14.6 Å². The minimum absolute atomic E-state index is 0.0272. The lowest BCUT2D eigenvalue weighted by Crippen LogP contribution is -2.29. The van der Waals surface area contributed by atoms with E-state index < -0.39 is 17.7 Å². The first-order valence-electron chi connectivity index (χ1n) is 10.7. The SMILES string of the molecule is CCOc1cccc(C2/C(=C(/O)c3ccc(OC)cc3)C(=O)C(=O)N2c2ccc(C)cc2)c1. The second kappa shape index (κ2) is 9.20. The van der Waals surface area contributed by atoms with E-state index in [1.165, 1.54) is 4.90 Å². The summed E-state index contributed by atoms with van der Waals surface area (Å²) in [6.07, 6.45) is 0. The van der Waals surface area contributed by atoms with Crippen molar-refractivity contribution in [2.24, 2.45) is 0 Å². The van der Waals surface area contributed by atoms with Crippen molar-refractivity contribution in [1.29, 1.82) is 0 Å². The van der Waals surface area contributed by atoms with Crippen molar-refractivity contribution in [3.05, 3.63) is 95.1 Å². The van der Waals surface area contributed by atoms with Gasteiger partial charge in [0, 0.05) is 11.3 Å². The smallest absolute Gasteiger partial charge is 0.300 e. The number of nitrogens with zero attached hydrogens (tertiary/aromatic N) is 1. The van der Waals surface area contributed by atoms with Gasteiger partial charge in [-0.25, -0.2) is 0 Å². The highest BCUT2D eigenvalue weighted by atomic mass is 16.5. The van der Waals surface area contributed by atoms with Gasteiger partial charge in [0.2, 0.25) is 0 Å². The zero-order valence-electron chi connectivity index (χ0n) is 18.7. The molecule has 3 aromatic rings. The van der Waals surface area contributed by atoms with Gasteiger partial charge in [0.15, 0.2) is 0 Å². The molecule has 33 heavy (non-hydrogen) atoms. The Morgan fingerprint density at radius 3 is 2.30 bits per heavy atom. The molecular weight excluding hydrogens is 418 g/mol. The molecule has 0 aliphatic carbocycles. The molecule has 0 bridgehead atoms. The van der Waals surface area contributed by atoms with Gasteiger partial charge in [0.05, 0.1) is 25.3 Å². The molecule has 1 atom stereocenters. The second-order valence-corrected chi connectivity index (χ2v) is 7.74. The van der Waals surface area contributed by atoms with Gasteiger partial charge in [0.1, 0.15) is 17.3 Å². The Kier molecular flexibility index (Phi) is 6.18. The van der Waals surface area contributed by atoms with Crippen LogP contribution in [0.25, 0.3) is 5.76 Å². The van der Waals surface area contributed by atoms with Crippen molar-refractivity contribution in [2.75, 3.05) is 18.6 Å². The van der Waals surface area contributed by atoms with Gasteiger partial charge >= 0.3 is 0 Å². The van der Waals surface area contributed by atoms with E-state index in [0.29, 0.717) is 34.9 Å². The van der Waals surface area contributed by atoms with Crippen LogP contribution >= 0.6 is 0 Å². The van der Waals surface area contributed by atoms with Crippen LogP contribution in [0, 0.1) is 6.92 Å². The molecule has 1 amide bonds. The van der Waals surface area contributed by atoms with E-state index in [2.05, 4.69) is 0 Å². The number of anilines is 1. The number of aryl methyl sites for hydroxylation is 1. The summed E-state index contributed by atoms with van der Waals surface area (Å²) in [5.74, 6) is -0.435. The Morgan fingerprint density at radius 2 is 1.67 bits per heavy atom. The zero-order valence-corrected chi connectivity index (χ0v) is 18.7. The average Bonchev–Trinajstić information content (AvgIpc) is 3.10. The quantitative estimate of drug-likeness (QED) is 0.329. The molecule has 1 saturated heterocycles. The number of Topliss-reactive ketones (excluding diaryl/α,β-unsaturated/α-hetero) is 1.